The molecule has 5 nitrogen and oxygen atoms in total. The zero-order valence-electron chi connectivity index (χ0n) is 11.1. The number of halogens is 3. The van der Waals surface area contributed by atoms with E-state index in [9.17, 15) is 22.0 Å². The molecular formula is C12H13ClF2N2O3S. The van der Waals surface area contributed by atoms with Crippen LogP contribution in [0.4, 0.5) is 8.78 Å². The molecule has 0 bridgehead atoms. The van der Waals surface area contributed by atoms with Crippen LogP contribution >= 0.6 is 11.6 Å². The van der Waals surface area contributed by atoms with Gasteiger partial charge in [-0.15, -0.1) is 0 Å². The maximum absolute atomic E-state index is 13.8. The topological polar surface area (TPSA) is 66.5 Å². The summed E-state index contributed by atoms with van der Waals surface area (Å²) in [6, 6.07) is 1.90. The van der Waals surface area contributed by atoms with Gasteiger partial charge >= 0.3 is 0 Å². The van der Waals surface area contributed by atoms with E-state index in [0.717, 1.165) is 12.1 Å². The number of nitrogens with zero attached hydrogens (tertiary/aromatic N) is 1. The van der Waals surface area contributed by atoms with Crippen molar-refractivity contribution < 1.29 is 22.0 Å². The van der Waals surface area contributed by atoms with Crippen molar-refractivity contribution >= 4 is 27.5 Å². The van der Waals surface area contributed by atoms with Gasteiger partial charge in [0.2, 0.25) is 10.0 Å². The molecule has 0 unspecified atom stereocenters. The summed E-state index contributed by atoms with van der Waals surface area (Å²) in [6.07, 6.45) is 0.255. The number of hydrogen-bond acceptors (Lipinski definition) is 3. The third-order valence-corrected chi connectivity index (χ3v) is 5.60. The van der Waals surface area contributed by atoms with Gasteiger partial charge in [-0.2, -0.15) is 0 Å². The van der Waals surface area contributed by atoms with Crippen LogP contribution in [0.3, 0.4) is 0 Å². The number of carbonyl (C=O) groups excluding carboxylic acids is 1. The van der Waals surface area contributed by atoms with Crippen molar-refractivity contribution in [3.63, 3.8) is 0 Å². The van der Waals surface area contributed by atoms with Crippen molar-refractivity contribution in [1.82, 2.24) is 9.62 Å². The van der Waals surface area contributed by atoms with E-state index in [-0.39, 0.29) is 25.1 Å². The van der Waals surface area contributed by atoms with E-state index in [1.165, 1.54) is 11.9 Å². The third-order valence-electron chi connectivity index (χ3n) is 3.42. The van der Waals surface area contributed by atoms with Gasteiger partial charge in [-0.25, -0.2) is 21.9 Å². The van der Waals surface area contributed by atoms with Crippen LogP contribution in [0.2, 0.25) is 5.02 Å². The molecule has 21 heavy (non-hydrogen) atoms. The van der Waals surface area contributed by atoms with Crippen molar-refractivity contribution in [2.75, 3.05) is 20.1 Å². The van der Waals surface area contributed by atoms with Crippen LogP contribution in [0, 0.1) is 11.6 Å². The SMILES string of the molecule is CNS(=O)(=O)[C@@H]1CCN(C(=O)c2ccc(F)c(Cl)c2F)C1. The molecule has 1 aromatic carbocycles. The zero-order chi connectivity index (χ0) is 15.8. The van der Waals surface area contributed by atoms with Crippen LogP contribution in [0.5, 0.6) is 0 Å². The number of hydrogen-bond donors (Lipinski definition) is 1. The molecule has 1 fully saturated rings. The fourth-order valence-electron chi connectivity index (χ4n) is 2.19. The van der Waals surface area contributed by atoms with Crippen LogP contribution in [0.15, 0.2) is 12.1 Å². The summed E-state index contributed by atoms with van der Waals surface area (Å²) in [4.78, 5) is 13.4. The molecule has 1 aliphatic heterocycles. The molecular weight excluding hydrogens is 326 g/mol. The summed E-state index contributed by atoms with van der Waals surface area (Å²) in [5.41, 5.74) is -0.371. The lowest BCUT2D eigenvalue weighted by Crippen LogP contribution is -2.36. The van der Waals surface area contributed by atoms with Gasteiger partial charge in [-0.3, -0.25) is 4.79 Å². The molecule has 0 saturated carbocycles. The molecule has 0 aliphatic carbocycles. The molecule has 1 aromatic rings. The molecule has 0 spiro atoms. The summed E-state index contributed by atoms with van der Waals surface area (Å²) >= 11 is 5.43. The molecule has 1 aliphatic rings. The number of amides is 1. The van der Waals surface area contributed by atoms with E-state index in [1.54, 1.807) is 0 Å². The number of nitrogens with one attached hydrogen (secondary N) is 1. The fourth-order valence-corrected chi connectivity index (χ4v) is 3.48. The van der Waals surface area contributed by atoms with Gasteiger partial charge in [-0.05, 0) is 25.6 Å². The highest BCUT2D eigenvalue weighted by atomic mass is 35.5. The van der Waals surface area contributed by atoms with E-state index < -0.39 is 37.8 Å². The minimum atomic E-state index is -3.50. The monoisotopic (exact) mass is 338 g/mol. The van der Waals surface area contributed by atoms with Gasteiger partial charge in [-0.1, -0.05) is 11.6 Å². The van der Waals surface area contributed by atoms with Gasteiger partial charge in [0, 0.05) is 13.1 Å². The Morgan fingerprint density at radius 3 is 2.71 bits per heavy atom. The number of likely N-dealkylation sites (tertiary alicyclic amines) is 1. The molecule has 2 rings (SSSR count). The van der Waals surface area contributed by atoms with Crippen molar-refractivity contribution in [2.45, 2.75) is 11.7 Å². The molecule has 1 amide bonds. The lowest BCUT2D eigenvalue weighted by atomic mass is 10.2. The zero-order valence-corrected chi connectivity index (χ0v) is 12.6. The second-order valence-corrected chi connectivity index (χ2v) is 7.18. The van der Waals surface area contributed by atoms with Crippen LogP contribution < -0.4 is 4.72 Å². The smallest absolute Gasteiger partial charge is 0.256 e. The summed E-state index contributed by atoms with van der Waals surface area (Å²) in [5.74, 6) is -2.80. The Bertz CT molecular complexity index is 681. The highest BCUT2D eigenvalue weighted by Gasteiger charge is 2.35. The first kappa shape index (κ1) is 16.1. The normalized spacial score (nSPS) is 19.0. The first-order valence-electron chi connectivity index (χ1n) is 6.13. The van der Waals surface area contributed by atoms with Crippen LogP contribution in [0.25, 0.3) is 0 Å². The Morgan fingerprint density at radius 2 is 2.10 bits per heavy atom. The van der Waals surface area contributed by atoms with Gasteiger partial charge in [0.25, 0.3) is 5.91 Å². The lowest BCUT2D eigenvalue weighted by molar-refractivity contribution is 0.0788. The second-order valence-electron chi connectivity index (χ2n) is 4.63. The fraction of sp³-hybridized carbons (Fsp3) is 0.417. The average molecular weight is 339 g/mol. The molecule has 9 heteroatoms. The van der Waals surface area contributed by atoms with Crippen molar-refractivity contribution in [1.29, 1.82) is 0 Å². The Morgan fingerprint density at radius 1 is 1.43 bits per heavy atom. The standard InChI is InChI=1S/C12H13ClF2N2O3S/c1-16-21(19,20)7-4-5-17(6-7)12(18)8-2-3-9(14)10(13)11(8)15/h2-3,7,16H,4-6H2,1H3/t7-/m1/s1. The molecule has 1 N–H and O–H groups in total. The molecule has 1 atom stereocenters. The van der Waals surface area contributed by atoms with Crippen LogP contribution in [0.1, 0.15) is 16.8 Å². The molecule has 116 valence electrons. The van der Waals surface area contributed by atoms with Gasteiger partial charge in [0.15, 0.2) is 5.82 Å². The first-order valence-corrected chi connectivity index (χ1v) is 8.05. The van der Waals surface area contributed by atoms with Gasteiger partial charge in [0.1, 0.15) is 10.8 Å². The summed E-state index contributed by atoms with van der Waals surface area (Å²) in [7, 11) is -2.20. The summed E-state index contributed by atoms with van der Waals surface area (Å²) in [6.45, 7) is 0.134. The van der Waals surface area contributed by atoms with E-state index >= 15 is 0 Å². The van der Waals surface area contributed by atoms with Crippen molar-refractivity contribution in [2.24, 2.45) is 0 Å². The summed E-state index contributed by atoms with van der Waals surface area (Å²) in [5, 5.41) is -1.50. The third kappa shape index (κ3) is 3.02. The predicted molar refractivity (Wildman–Crippen MR) is 73.7 cm³/mol. The second kappa shape index (κ2) is 5.86. The first-order chi connectivity index (χ1) is 9.77. The summed E-state index contributed by atoms with van der Waals surface area (Å²) < 4.78 is 52.4. The Balaban J connectivity index is 2.22. The molecule has 1 saturated heterocycles. The molecule has 1 heterocycles. The van der Waals surface area contributed by atoms with E-state index in [1.807, 2.05) is 0 Å². The van der Waals surface area contributed by atoms with E-state index in [2.05, 4.69) is 4.72 Å². The Kier molecular flexibility index (Phi) is 4.50. The van der Waals surface area contributed by atoms with E-state index in [0.29, 0.717) is 0 Å². The number of sulfonamides is 1. The molecule has 0 radical (unpaired) electrons. The molecule has 0 aromatic heterocycles. The largest absolute Gasteiger partial charge is 0.337 e. The number of benzene rings is 1. The average Bonchev–Trinajstić information content (AvgIpc) is 2.95. The maximum Gasteiger partial charge on any atom is 0.256 e. The Hall–Kier alpha value is -1.25. The van der Waals surface area contributed by atoms with Gasteiger partial charge in [0.05, 0.1) is 10.8 Å². The van der Waals surface area contributed by atoms with Crippen molar-refractivity contribution in [3.8, 4) is 0 Å². The highest BCUT2D eigenvalue weighted by Crippen LogP contribution is 2.25. The van der Waals surface area contributed by atoms with Crippen LogP contribution in [-0.4, -0.2) is 44.6 Å². The van der Waals surface area contributed by atoms with Crippen molar-refractivity contribution in [3.05, 3.63) is 34.4 Å². The quantitative estimate of drug-likeness (QED) is 0.847. The lowest BCUT2D eigenvalue weighted by Gasteiger charge is -2.17. The number of rotatable bonds is 3. The van der Waals surface area contributed by atoms with E-state index in [4.69, 9.17) is 11.6 Å². The maximum atomic E-state index is 13.8. The Labute approximate surface area is 125 Å². The van der Waals surface area contributed by atoms with Gasteiger partial charge < -0.3 is 4.90 Å². The minimum Gasteiger partial charge on any atom is -0.337 e. The predicted octanol–water partition coefficient (Wildman–Crippen LogP) is 1.38. The minimum absolute atomic E-state index is 0.0452. The van der Waals surface area contributed by atoms with Crippen LogP contribution in [-0.2, 0) is 10.0 Å². The highest BCUT2D eigenvalue weighted by molar-refractivity contribution is 7.90. The number of carbonyl (C=O) groups is 1.